The predicted octanol–water partition coefficient (Wildman–Crippen LogP) is 4.88. The van der Waals surface area contributed by atoms with E-state index < -0.39 is 0 Å². The van der Waals surface area contributed by atoms with Gasteiger partial charge in [-0.1, -0.05) is 53.1 Å². The van der Waals surface area contributed by atoms with Crippen molar-refractivity contribution in [3.63, 3.8) is 0 Å². The van der Waals surface area contributed by atoms with Gasteiger partial charge in [0.1, 0.15) is 0 Å². The van der Waals surface area contributed by atoms with Gasteiger partial charge in [-0.25, -0.2) is 0 Å². The normalized spacial score (nSPS) is 14.6. The second-order valence-corrected chi connectivity index (χ2v) is 6.25. The smallest absolute Gasteiger partial charge is 0.0487 e. The highest BCUT2D eigenvalue weighted by molar-refractivity contribution is 6.33. The third kappa shape index (κ3) is 3.23. The average Bonchev–Trinajstić information content (AvgIpc) is 3.19. The fourth-order valence-corrected chi connectivity index (χ4v) is 2.89. The Morgan fingerprint density at radius 3 is 2.35 bits per heavy atom. The Morgan fingerprint density at radius 2 is 1.75 bits per heavy atom. The zero-order valence-corrected chi connectivity index (χ0v) is 12.8. The van der Waals surface area contributed by atoms with Crippen LogP contribution in [-0.2, 0) is 6.54 Å². The minimum Gasteiger partial charge on any atom is -0.310 e. The van der Waals surface area contributed by atoms with E-state index in [2.05, 4.69) is 55.6 Å². The van der Waals surface area contributed by atoms with Crippen LogP contribution in [0.3, 0.4) is 0 Å². The summed E-state index contributed by atoms with van der Waals surface area (Å²) in [6.07, 6.45) is 2.63. The minimum atomic E-state index is 0.730. The summed E-state index contributed by atoms with van der Waals surface area (Å²) in [5.41, 5.74) is 6.13. The number of hydrogen-bond donors (Lipinski definition) is 1. The van der Waals surface area contributed by atoms with E-state index in [1.54, 1.807) is 0 Å². The lowest BCUT2D eigenvalue weighted by Crippen LogP contribution is -2.15. The first-order valence-electron chi connectivity index (χ1n) is 7.22. The zero-order chi connectivity index (χ0) is 14.1. The molecule has 0 amide bonds. The molecule has 2 aromatic rings. The lowest BCUT2D eigenvalue weighted by molar-refractivity contribution is 0.688. The molecule has 2 heteroatoms. The Morgan fingerprint density at radius 1 is 1.05 bits per heavy atom. The molecule has 0 radical (unpaired) electrons. The summed E-state index contributed by atoms with van der Waals surface area (Å²) in [7, 11) is 0. The van der Waals surface area contributed by atoms with Crippen molar-refractivity contribution in [3.05, 3.63) is 58.1 Å². The monoisotopic (exact) mass is 285 g/mol. The van der Waals surface area contributed by atoms with Crippen molar-refractivity contribution in [2.45, 2.75) is 39.3 Å². The van der Waals surface area contributed by atoms with Gasteiger partial charge in [0.15, 0.2) is 0 Å². The first-order chi connectivity index (χ1) is 9.61. The zero-order valence-electron chi connectivity index (χ0n) is 12.0. The summed E-state index contributed by atoms with van der Waals surface area (Å²) < 4.78 is 0. The second-order valence-electron chi connectivity index (χ2n) is 5.85. The van der Waals surface area contributed by atoms with Crippen LogP contribution in [0.5, 0.6) is 0 Å². The van der Waals surface area contributed by atoms with Crippen LogP contribution in [0.25, 0.3) is 11.1 Å². The van der Waals surface area contributed by atoms with Gasteiger partial charge in [-0.05, 0) is 43.9 Å². The minimum absolute atomic E-state index is 0.730. The maximum absolute atomic E-state index is 6.47. The average molecular weight is 286 g/mol. The molecule has 0 spiro atoms. The number of halogens is 1. The molecule has 0 unspecified atom stereocenters. The Balaban J connectivity index is 1.85. The molecule has 3 rings (SSSR count). The molecule has 0 aromatic heterocycles. The molecule has 0 bridgehead atoms. The van der Waals surface area contributed by atoms with E-state index in [1.165, 1.54) is 35.1 Å². The Bertz CT molecular complexity index is 609. The van der Waals surface area contributed by atoms with E-state index in [-0.39, 0.29) is 0 Å². The number of rotatable bonds is 4. The molecule has 1 aliphatic carbocycles. The Kier molecular flexibility index (Phi) is 3.82. The van der Waals surface area contributed by atoms with Crippen LogP contribution in [0.2, 0.25) is 5.02 Å². The highest BCUT2D eigenvalue weighted by Gasteiger charge is 2.20. The van der Waals surface area contributed by atoms with Crippen molar-refractivity contribution in [3.8, 4) is 11.1 Å². The van der Waals surface area contributed by atoms with E-state index in [9.17, 15) is 0 Å². The molecule has 1 fully saturated rings. The number of aryl methyl sites for hydroxylation is 2. The number of nitrogens with one attached hydrogen (secondary N) is 1. The molecule has 1 N–H and O–H groups in total. The number of hydrogen-bond acceptors (Lipinski definition) is 1. The van der Waals surface area contributed by atoms with E-state index in [0.717, 1.165) is 23.2 Å². The van der Waals surface area contributed by atoms with Gasteiger partial charge in [-0.2, -0.15) is 0 Å². The van der Waals surface area contributed by atoms with Crippen molar-refractivity contribution in [2.24, 2.45) is 0 Å². The molecular weight excluding hydrogens is 266 g/mol. The van der Waals surface area contributed by atoms with E-state index >= 15 is 0 Å². The molecule has 1 nitrogen and oxygen atoms in total. The molecule has 1 saturated carbocycles. The van der Waals surface area contributed by atoms with Crippen LogP contribution in [0.1, 0.15) is 29.5 Å². The predicted molar refractivity (Wildman–Crippen MR) is 86.2 cm³/mol. The summed E-state index contributed by atoms with van der Waals surface area (Å²) in [6, 6.07) is 13.7. The van der Waals surface area contributed by atoms with Crippen LogP contribution < -0.4 is 5.32 Å². The molecule has 2 aromatic carbocycles. The SMILES string of the molecule is Cc1cc(C)cc(-c2ccc(CNC3CC3)cc2Cl)c1. The number of benzene rings is 2. The third-order valence-corrected chi connectivity index (χ3v) is 4.05. The largest absolute Gasteiger partial charge is 0.310 e. The van der Waals surface area contributed by atoms with Crippen LogP contribution in [0.15, 0.2) is 36.4 Å². The molecule has 20 heavy (non-hydrogen) atoms. The van der Waals surface area contributed by atoms with Crippen molar-refractivity contribution >= 4 is 11.6 Å². The van der Waals surface area contributed by atoms with E-state index in [1.807, 2.05) is 0 Å². The quantitative estimate of drug-likeness (QED) is 0.844. The van der Waals surface area contributed by atoms with Crippen LogP contribution >= 0.6 is 11.6 Å². The van der Waals surface area contributed by atoms with Crippen molar-refractivity contribution < 1.29 is 0 Å². The summed E-state index contributed by atoms with van der Waals surface area (Å²) in [6.45, 7) is 5.16. The fourth-order valence-electron chi connectivity index (χ4n) is 2.58. The van der Waals surface area contributed by atoms with Gasteiger partial charge in [0.05, 0.1) is 0 Å². The summed E-state index contributed by atoms with van der Waals surface area (Å²) in [5, 5.41) is 4.36. The topological polar surface area (TPSA) is 12.0 Å². The summed E-state index contributed by atoms with van der Waals surface area (Å²) >= 11 is 6.47. The van der Waals surface area contributed by atoms with E-state index in [0.29, 0.717) is 0 Å². The van der Waals surface area contributed by atoms with Crippen LogP contribution in [0.4, 0.5) is 0 Å². The summed E-state index contributed by atoms with van der Waals surface area (Å²) in [4.78, 5) is 0. The Labute approximate surface area is 126 Å². The molecular formula is C18H20ClN. The first-order valence-corrected chi connectivity index (χ1v) is 7.60. The van der Waals surface area contributed by atoms with Gasteiger partial charge in [-0.15, -0.1) is 0 Å². The van der Waals surface area contributed by atoms with Gasteiger partial charge in [0.2, 0.25) is 0 Å². The van der Waals surface area contributed by atoms with Gasteiger partial charge in [-0.3, -0.25) is 0 Å². The van der Waals surface area contributed by atoms with Gasteiger partial charge in [0.25, 0.3) is 0 Å². The molecule has 0 atom stereocenters. The molecule has 0 heterocycles. The summed E-state index contributed by atoms with van der Waals surface area (Å²) in [5.74, 6) is 0. The fraction of sp³-hybridized carbons (Fsp3) is 0.333. The molecule has 1 aliphatic rings. The third-order valence-electron chi connectivity index (χ3n) is 3.74. The first kappa shape index (κ1) is 13.7. The lowest BCUT2D eigenvalue weighted by atomic mass is 9.99. The lowest BCUT2D eigenvalue weighted by Gasteiger charge is -2.10. The Hall–Kier alpha value is -1.31. The van der Waals surface area contributed by atoms with Crippen LogP contribution in [-0.4, -0.2) is 6.04 Å². The van der Waals surface area contributed by atoms with E-state index in [4.69, 9.17) is 11.6 Å². The van der Waals surface area contributed by atoms with Crippen molar-refractivity contribution in [2.75, 3.05) is 0 Å². The van der Waals surface area contributed by atoms with Gasteiger partial charge >= 0.3 is 0 Å². The van der Waals surface area contributed by atoms with Crippen LogP contribution in [0, 0.1) is 13.8 Å². The van der Waals surface area contributed by atoms with Crippen molar-refractivity contribution in [1.82, 2.24) is 5.32 Å². The standard InChI is InChI=1S/C18H20ClN/c1-12-7-13(2)9-15(8-12)17-6-3-14(10-18(17)19)11-20-16-4-5-16/h3,6-10,16,20H,4-5,11H2,1-2H3. The second kappa shape index (κ2) is 5.59. The van der Waals surface area contributed by atoms with Gasteiger partial charge in [0, 0.05) is 23.2 Å². The maximum atomic E-state index is 6.47. The molecule has 0 saturated heterocycles. The molecule has 0 aliphatic heterocycles. The van der Waals surface area contributed by atoms with Crippen molar-refractivity contribution in [1.29, 1.82) is 0 Å². The molecule has 104 valence electrons. The highest BCUT2D eigenvalue weighted by atomic mass is 35.5. The highest BCUT2D eigenvalue weighted by Crippen LogP contribution is 2.30. The maximum Gasteiger partial charge on any atom is 0.0487 e. The van der Waals surface area contributed by atoms with Gasteiger partial charge < -0.3 is 5.32 Å².